The molecule has 2 saturated heterocycles. The van der Waals surface area contributed by atoms with Crippen molar-refractivity contribution in [2.75, 3.05) is 31.6 Å². The number of amides is 2. The Labute approximate surface area is 225 Å². The summed E-state index contributed by atoms with van der Waals surface area (Å²) in [5.41, 5.74) is 3.36. The highest BCUT2D eigenvalue weighted by atomic mass is 35.5. The van der Waals surface area contributed by atoms with E-state index in [-0.39, 0.29) is 29.7 Å². The van der Waals surface area contributed by atoms with Gasteiger partial charge in [0.25, 0.3) is 0 Å². The van der Waals surface area contributed by atoms with Gasteiger partial charge in [0.05, 0.1) is 42.2 Å². The van der Waals surface area contributed by atoms with Crippen molar-refractivity contribution in [3.05, 3.63) is 83.0 Å². The minimum atomic E-state index is -0.259. The van der Waals surface area contributed by atoms with Crippen molar-refractivity contribution < 1.29 is 18.7 Å². The molecule has 3 aromatic rings. The van der Waals surface area contributed by atoms with E-state index >= 15 is 0 Å². The lowest BCUT2D eigenvalue weighted by Gasteiger charge is -2.49. The zero-order valence-corrected chi connectivity index (χ0v) is 21.6. The molecule has 5 rings (SSSR count). The fourth-order valence-electron chi connectivity index (χ4n) is 4.89. The summed E-state index contributed by atoms with van der Waals surface area (Å²) in [6, 6.07) is 10.0. The molecule has 0 saturated carbocycles. The lowest BCUT2D eigenvalue weighted by atomic mass is 10.0. The highest BCUT2D eigenvalue weighted by Gasteiger charge is 2.39. The van der Waals surface area contributed by atoms with Crippen LogP contribution in [0.4, 0.5) is 10.1 Å². The number of morpholine rings is 1. The SMILES string of the molecule is CC(=O)Nc1cc(Cl)c(-c2cnccn2)cc1C=CC(=O)N1CC2COCC(C1)N2Cc1ccc(F)cc1. The maximum atomic E-state index is 13.3. The molecule has 3 heterocycles. The number of carbonyl (C=O) groups excluding carboxylic acids is 2. The molecule has 0 aliphatic carbocycles. The van der Waals surface area contributed by atoms with Gasteiger partial charge in [-0.15, -0.1) is 0 Å². The van der Waals surface area contributed by atoms with E-state index in [1.165, 1.54) is 25.1 Å². The number of hydrogen-bond acceptors (Lipinski definition) is 6. The number of piperazine rings is 1. The Morgan fingerprint density at radius 2 is 1.89 bits per heavy atom. The van der Waals surface area contributed by atoms with Gasteiger partial charge in [-0.25, -0.2) is 4.39 Å². The molecule has 2 unspecified atom stereocenters. The van der Waals surface area contributed by atoms with E-state index in [4.69, 9.17) is 16.3 Å². The van der Waals surface area contributed by atoms with Gasteiger partial charge in [-0.05, 0) is 41.5 Å². The minimum absolute atomic E-state index is 0.0404. The molecule has 2 aliphatic rings. The van der Waals surface area contributed by atoms with E-state index in [0.29, 0.717) is 60.4 Å². The predicted octanol–water partition coefficient (Wildman–Crippen LogP) is 4.02. The zero-order valence-electron chi connectivity index (χ0n) is 20.8. The van der Waals surface area contributed by atoms with E-state index in [1.807, 2.05) is 4.90 Å². The number of carbonyl (C=O) groups is 2. The van der Waals surface area contributed by atoms with Crippen LogP contribution < -0.4 is 5.32 Å². The first kappa shape index (κ1) is 26.0. The van der Waals surface area contributed by atoms with Crippen molar-refractivity contribution in [1.29, 1.82) is 0 Å². The first-order valence-corrected chi connectivity index (χ1v) is 12.7. The van der Waals surface area contributed by atoms with Gasteiger partial charge >= 0.3 is 0 Å². The molecular formula is C28H27ClFN5O3. The molecule has 8 nitrogen and oxygen atoms in total. The maximum Gasteiger partial charge on any atom is 0.246 e. The van der Waals surface area contributed by atoms with Gasteiger partial charge in [-0.3, -0.25) is 24.5 Å². The molecule has 10 heteroatoms. The summed E-state index contributed by atoms with van der Waals surface area (Å²) in [5.74, 6) is -0.641. The van der Waals surface area contributed by atoms with Crippen LogP contribution in [0.1, 0.15) is 18.1 Å². The fraction of sp³-hybridized carbons (Fsp3) is 0.286. The Hall–Kier alpha value is -3.66. The number of aromatic nitrogens is 2. The second-order valence-electron chi connectivity index (χ2n) is 9.41. The Balaban J connectivity index is 1.34. The molecule has 1 N–H and O–H groups in total. The van der Waals surface area contributed by atoms with Crippen molar-refractivity contribution >= 4 is 35.2 Å². The first-order valence-electron chi connectivity index (χ1n) is 12.3. The monoisotopic (exact) mass is 535 g/mol. The molecule has 2 fully saturated rings. The Morgan fingerprint density at radius 3 is 2.55 bits per heavy atom. The van der Waals surface area contributed by atoms with Gasteiger partial charge in [-0.1, -0.05) is 23.7 Å². The van der Waals surface area contributed by atoms with Gasteiger partial charge in [0.15, 0.2) is 0 Å². The molecule has 38 heavy (non-hydrogen) atoms. The van der Waals surface area contributed by atoms with Crippen molar-refractivity contribution in [2.24, 2.45) is 0 Å². The molecule has 2 aliphatic heterocycles. The lowest BCUT2D eigenvalue weighted by Crippen LogP contribution is -2.64. The average molecular weight is 536 g/mol. The molecule has 1 aromatic heterocycles. The molecule has 0 radical (unpaired) electrons. The van der Waals surface area contributed by atoms with Crippen molar-refractivity contribution in [3.8, 4) is 11.3 Å². The standard InChI is InChI=1S/C28H27ClFN5O3/c1-18(36)33-26-11-25(29)24(27-12-31-8-9-32-27)10-20(26)4-7-28(37)34-14-22-16-38-17-23(15-34)35(22)13-19-2-5-21(30)6-3-19/h2-12,22-23H,13-17H2,1H3,(H,33,36). The number of fused-ring (bicyclic) bond motifs is 2. The quantitative estimate of drug-likeness (QED) is 0.480. The molecule has 2 aromatic carbocycles. The first-order chi connectivity index (χ1) is 18.4. The van der Waals surface area contributed by atoms with Crippen molar-refractivity contribution in [3.63, 3.8) is 0 Å². The number of anilines is 1. The number of hydrogen-bond donors (Lipinski definition) is 1. The van der Waals surface area contributed by atoms with Crippen molar-refractivity contribution in [1.82, 2.24) is 19.8 Å². The molecular weight excluding hydrogens is 509 g/mol. The van der Waals surface area contributed by atoms with Crippen LogP contribution in [0, 0.1) is 5.82 Å². The van der Waals surface area contributed by atoms with Gasteiger partial charge in [0.2, 0.25) is 11.8 Å². The lowest BCUT2D eigenvalue weighted by molar-refractivity contribution is -0.141. The summed E-state index contributed by atoms with van der Waals surface area (Å²) in [4.78, 5) is 37.6. The second-order valence-corrected chi connectivity index (χ2v) is 9.82. The smallest absolute Gasteiger partial charge is 0.246 e. The van der Waals surface area contributed by atoms with Gasteiger partial charge < -0.3 is 15.0 Å². The van der Waals surface area contributed by atoms with Crippen LogP contribution >= 0.6 is 11.6 Å². The number of nitrogens with zero attached hydrogens (tertiary/aromatic N) is 4. The normalized spacial score (nSPS) is 19.5. The van der Waals surface area contributed by atoms with Crippen LogP contribution in [0.25, 0.3) is 17.3 Å². The number of halogens is 2. The molecule has 196 valence electrons. The highest BCUT2D eigenvalue weighted by molar-refractivity contribution is 6.33. The van der Waals surface area contributed by atoms with Crippen LogP contribution in [-0.2, 0) is 20.9 Å². The predicted molar refractivity (Wildman–Crippen MR) is 143 cm³/mol. The van der Waals surface area contributed by atoms with Crippen LogP contribution in [0.2, 0.25) is 5.02 Å². The second kappa shape index (κ2) is 11.4. The summed E-state index contributed by atoms with van der Waals surface area (Å²) >= 11 is 6.48. The summed E-state index contributed by atoms with van der Waals surface area (Å²) in [6.07, 6.45) is 7.94. The van der Waals surface area contributed by atoms with Crippen LogP contribution in [0.5, 0.6) is 0 Å². The van der Waals surface area contributed by atoms with E-state index in [9.17, 15) is 14.0 Å². The van der Waals surface area contributed by atoms with Gasteiger partial charge in [-0.2, -0.15) is 0 Å². The average Bonchev–Trinajstić information content (AvgIpc) is 2.89. The topological polar surface area (TPSA) is 87.7 Å². The zero-order chi connectivity index (χ0) is 26.6. The highest BCUT2D eigenvalue weighted by Crippen LogP contribution is 2.33. The fourth-order valence-corrected chi connectivity index (χ4v) is 5.15. The third kappa shape index (κ3) is 5.91. The molecule has 2 bridgehead atoms. The number of ether oxygens (including phenoxy) is 1. The van der Waals surface area contributed by atoms with E-state index in [2.05, 4.69) is 20.2 Å². The van der Waals surface area contributed by atoms with Gasteiger partial charge in [0, 0.05) is 56.3 Å². The number of benzene rings is 2. The van der Waals surface area contributed by atoms with Crippen LogP contribution in [0.3, 0.4) is 0 Å². The Bertz CT molecular complexity index is 1340. The third-order valence-electron chi connectivity index (χ3n) is 6.71. The van der Waals surface area contributed by atoms with E-state index in [1.54, 1.807) is 48.9 Å². The summed E-state index contributed by atoms with van der Waals surface area (Å²) < 4.78 is 19.1. The third-order valence-corrected chi connectivity index (χ3v) is 7.02. The van der Waals surface area contributed by atoms with Crippen LogP contribution in [0.15, 0.2) is 61.1 Å². The van der Waals surface area contributed by atoms with Crippen molar-refractivity contribution in [2.45, 2.75) is 25.6 Å². The molecule has 2 amide bonds. The molecule has 2 atom stereocenters. The van der Waals surface area contributed by atoms with E-state index in [0.717, 1.165) is 5.56 Å². The minimum Gasteiger partial charge on any atom is -0.378 e. The largest absolute Gasteiger partial charge is 0.378 e. The van der Waals surface area contributed by atoms with E-state index < -0.39 is 0 Å². The van der Waals surface area contributed by atoms with Crippen LogP contribution in [-0.4, -0.2) is 70.0 Å². The number of rotatable bonds is 6. The Kier molecular flexibility index (Phi) is 7.78. The summed E-state index contributed by atoms with van der Waals surface area (Å²) in [5, 5.41) is 3.18. The van der Waals surface area contributed by atoms with Gasteiger partial charge in [0.1, 0.15) is 5.82 Å². The molecule has 0 spiro atoms. The Morgan fingerprint density at radius 1 is 1.16 bits per heavy atom. The summed E-state index contributed by atoms with van der Waals surface area (Å²) in [6.45, 7) is 4.17. The number of nitrogens with one attached hydrogen (secondary N) is 1. The summed E-state index contributed by atoms with van der Waals surface area (Å²) in [7, 11) is 0. The maximum absolute atomic E-state index is 13.3.